The summed E-state index contributed by atoms with van der Waals surface area (Å²) in [5, 5.41) is 9.98. The first kappa shape index (κ1) is 23.6. The van der Waals surface area contributed by atoms with Crippen molar-refractivity contribution < 1.29 is 28.6 Å². The summed E-state index contributed by atoms with van der Waals surface area (Å²) in [6.45, 7) is 8.30. The lowest BCUT2D eigenvalue weighted by Crippen LogP contribution is -2.48. The van der Waals surface area contributed by atoms with E-state index in [9.17, 15) is 19.6 Å². The van der Waals surface area contributed by atoms with Gasteiger partial charge in [0.25, 0.3) is 0 Å². The van der Waals surface area contributed by atoms with Gasteiger partial charge in [-0.3, -0.25) is 4.79 Å². The standard InChI is InChI=1S/C24H25N3O6/c1-5-10-27-18-9-7-6-8-16(18)24(23(27)30)17(13-25)20(26)33-15(4)19(24)22(29)32-12-11-31-21(28)14(2)3/h6-9H,2,5,10-12,26H2,1,3-4H3. The highest BCUT2D eigenvalue weighted by Crippen LogP contribution is 2.54. The molecule has 1 amide bonds. The zero-order valence-corrected chi connectivity index (χ0v) is 18.8. The summed E-state index contributed by atoms with van der Waals surface area (Å²) in [7, 11) is 0. The Morgan fingerprint density at radius 1 is 1.27 bits per heavy atom. The van der Waals surface area contributed by atoms with Crippen molar-refractivity contribution in [2.75, 3.05) is 24.7 Å². The molecule has 1 aromatic carbocycles. The monoisotopic (exact) mass is 451 g/mol. The number of benzene rings is 1. The van der Waals surface area contributed by atoms with Crippen LogP contribution in [0.5, 0.6) is 0 Å². The van der Waals surface area contributed by atoms with Gasteiger partial charge in [0, 0.05) is 23.4 Å². The predicted octanol–water partition coefficient (Wildman–Crippen LogP) is 2.34. The number of para-hydroxylation sites is 1. The molecule has 2 heterocycles. The molecule has 1 atom stereocenters. The quantitative estimate of drug-likeness (QED) is 0.380. The van der Waals surface area contributed by atoms with Gasteiger partial charge in [0.05, 0.1) is 0 Å². The van der Waals surface area contributed by atoms with E-state index in [-0.39, 0.29) is 41.6 Å². The van der Waals surface area contributed by atoms with E-state index in [0.29, 0.717) is 24.2 Å². The SMILES string of the molecule is C=C(C)C(=O)OCCOC(=O)C1=C(C)OC(N)=C(C#N)C12C(=O)N(CCC)c1ccccc12. The molecule has 9 heteroatoms. The van der Waals surface area contributed by atoms with Gasteiger partial charge >= 0.3 is 11.9 Å². The van der Waals surface area contributed by atoms with Crippen LogP contribution in [0.1, 0.15) is 32.8 Å². The minimum Gasteiger partial charge on any atom is -0.459 e. The fourth-order valence-corrected chi connectivity index (χ4v) is 4.12. The van der Waals surface area contributed by atoms with Crippen molar-refractivity contribution >= 4 is 23.5 Å². The molecule has 2 N–H and O–H groups in total. The molecule has 9 nitrogen and oxygen atoms in total. The third-order valence-electron chi connectivity index (χ3n) is 5.44. The first-order valence-corrected chi connectivity index (χ1v) is 10.4. The molecule has 0 fully saturated rings. The van der Waals surface area contributed by atoms with Crippen LogP contribution in [0.4, 0.5) is 5.69 Å². The Bertz CT molecular complexity index is 1140. The molecule has 1 unspecified atom stereocenters. The number of ether oxygens (including phenoxy) is 3. The van der Waals surface area contributed by atoms with Crippen molar-refractivity contribution in [2.24, 2.45) is 5.73 Å². The second-order valence-corrected chi connectivity index (χ2v) is 7.66. The minimum absolute atomic E-state index is 0.0527. The van der Waals surface area contributed by atoms with Crippen LogP contribution in [0.15, 0.2) is 59.2 Å². The third-order valence-corrected chi connectivity index (χ3v) is 5.44. The summed E-state index contributed by atoms with van der Waals surface area (Å²) in [5.74, 6) is -2.16. The van der Waals surface area contributed by atoms with Crippen molar-refractivity contribution in [2.45, 2.75) is 32.6 Å². The fraction of sp³-hybridized carbons (Fsp3) is 0.333. The minimum atomic E-state index is -1.79. The summed E-state index contributed by atoms with van der Waals surface area (Å²) in [5.41, 5.74) is 5.18. The first-order chi connectivity index (χ1) is 15.7. The van der Waals surface area contributed by atoms with Gasteiger partial charge in [-0.05, 0) is 26.3 Å². The smallest absolute Gasteiger partial charge is 0.339 e. The number of hydrogen-bond acceptors (Lipinski definition) is 8. The van der Waals surface area contributed by atoms with E-state index >= 15 is 0 Å². The van der Waals surface area contributed by atoms with Crippen LogP contribution in [0.25, 0.3) is 0 Å². The molecule has 172 valence electrons. The van der Waals surface area contributed by atoms with Gasteiger partial charge in [0.2, 0.25) is 11.8 Å². The topological polar surface area (TPSA) is 132 Å². The molecule has 1 spiro atoms. The van der Waals surface area contributed by atoms with Gasteiger partial charge in [-0.15, -0.1) is 0 Å². The van der Waals surface area contributed by atoms with Gasteiger partial charge in [-0.1, -0.05) is 31.7 Å². The van der Waals surface area contributed by atoms with Crippen molar-refractivity contribution in [3.05, 3.63) is 64.8 Å². The number of esters is 2. The molecule has 33 heavy (non-hydrogen) atoms. The average molecular weight is 451 g/mol. The van der Waals surface area contributed by atoms with Crippen LogP contribution in [0, 0.1) is 11.3 Å². The molecule has 0 aromatic heterocycles. The maximum Gasteiger partial charge on any atom is 0.339 e. The highest BCUT2D eigenvalue weighted by Gasteiger charge is 2.61. The number of fused-ring (bicyclic) bond motifs is 2. The lowest BCUT2D eigenvalue weighted by molar-refractivity contribution is -0.148. The highest BCUT2D eigenvalue weighted by atomic mass is 16.6. The van der Waals surface area contributed by atoms with Gasteiger partial charge in [0.1, 0.15) is 36.2 Å². The summed E-state index contributed by atoms with van der Waals surface area (Å²) in [4.78, 5) is 40.3. The van der Waals surface area contributed by atoms with E-state index in [1.165, 1.54) is 13.8 Å². The van der Waals surface area contributed by atoms with E-state index in [2.05, 4.69) is 6.58 Å². The number of nitriles is 1. The highest BCUT2D eigenvalue weighted by molar-refractivity contribution is 6.18. The molecule has 2 aliphatic rings. The Labute approximate surface area is 191 Å². The average Bonchev–Trinajstić information content (AvgIpc) is 3.00. The summed E-state index contributed by atoms with van der Waals surface area (Å²) in [6, 6.07) is 8.92. The van der Waals surface area contributed by atoms with Crippen molar-refractivity contribution in [1.29, 1.82) is 5.26 Å². The van der Waals surface area contributed by atoms with Crippen molar-refractivity contribution in [3.8, 4) is 6.07 Å². The second-order valence-electron chi connectivity index (χ2n) is 7.66. The van der Waals surface area contributed by atoms with Crippen LogP contribution in [0.2, 0.25) is 0 Å². The van der Waals surface area contributed by atoms with Crippen molar-refractivity contribution in [1.82, 2.24) is 0 Å². The Kier molecular flexibility index (Phi) is 6.58. The lowest BCUT2D eigenvalue weighted by Gasteiger charge is -2.34. The largest absolute Gasteiger partial charge is 0.459 e. The van der Waals surface area contributed by atoms with Crippen molar-refractivity contribution in [3.63, 3.8) is 0 Å². The zero-order chi connectivity index (χ0) is 24.3. The van der Waals surface area contributed by atoms with E-state index < -0.39 is 23.3 Å². The summed E-state index contributed by atoms with van der Waals surface area (Å²) in [6.07, 6.45) is 0.657. The Morgan fingerprint density at radius 2 is 1.94 bits per heavy atom. The molecule has 0 aliphatic carbocycles. The normalized spacial score (nSPS) is 19.2. The number of allylic oxidation sites excluding steroid dienone is 1. The van der Waals surface area contributed by atoms with Crippen LogP contribution in [-0.2, 0) is 34.0 Å². The van der Waals surface area contributed by atoms with Crippen LogP contribution in [-0.4, -0.2) is 37.6 Å². The molecule has 0 saturated carbocycles. The molecule has 1 aromatic rings. The molecular weight excluding hydrogens is 426 g/mol. The molecule has 2 aliphatic heterocycles. The first-order valence-electron chi connectivity index (χ1n) is 10.4. The Hall–Kier alpha value is -4.06. The van der Waals surface area contributed by atoms with Gasteiger partial charge in [-0.2, -0.15) is 5.26 Å². The van der Waals surface area contributed by atoms with E-state index in [0.717, 1.165) is 0 Å². The number of amides is 1. The van der Waals surface area contributed by atoms with Gasteiger partial charge in [0.15, 0.2) is 5.41 Å². The number of rotatable bonds is 7. The van der Waals surface area contributed by atoms with Crippen LogP contribution in [0.3, 0.4) is 0 Å². The summed E-state index contributed by atoms with van der Waals surface area (Å²) < 4.78 is 15.8. The second kappa shape index (κ2) is 9.20. The summed E-state index contributed by atoms with van der Waals surface area (Å²) >= 11 is 0. The number of carbonyl (C=O) groups is 3. The molecule has 3 rings (SSSR count). The zero-order valence-electron chi connectivity index (χ0n) is 18.8. The fourth-order valence-electron chi connectivity index (χ4n) is 4.12. The maximum atomic E-state index is 13.9. The van der Waals surface area contributed by atoms with Crippen LogP contribution < -0.4 is 10.6 Å². The Balaban J connectivity index is 2.07. The van der Waals surface area contributed by atoms with E-state index in [4.69, 9.17) is 19.9 Å². The van der Waals surface area contributed by atoms with Crippen LogP contribution >= 0.6 is 0 Å². The number of nitrogens with two attached hydrogens (primary N) is 1. The van der Waals surface area contributed by atoms with E-state index in [1.807, 2.05) is 13.0 Å². The molecule has 0 radical (unpaired) electrons. The number of hydrogen-bond donors (Lipinski definition) is 1. The number of carbonyl (C=O) groups excluding carboxylic acids is 3. The predicted molar refractivity (Wildman–Crippen MR) is 118 cm³/mol. The number of anilines is 1. The molecule has 0 saturated heterocycles. The molecule has 0 bridgehead atoms. The van der Waals surface area contributed by atoms with Gasteiger partial charge in [-0.25, -0.2) is 9.59 Å². The maximum absolute atomic E-state index is 13.9. The lowest BCUT2D eigenvalue weighted by atomic mass is 9.68. The number of nitrogens with zero attached hydrogens (tertiary/aromatic N) is 2. The van der Waals surface area contributed by atoms with Gasteiger partial charge < -0.3 is 24.8 Å². The molecular formula is C24H25N3O6. The Morgan fingerprint density at radius 3 is 2.58 bits per heavy atom. The van der Waals surface area contributed by atoms with E-state index in [1.54, 1.807) is 29.2 Å². The third kappa shape index (κ3) is 3.74.